The van der Waals surface area contributed by atoms with E-state index >= 15 is 0 Å². The number of benzene rings is 1. The molecule has 5 heteroatoms. The van der Waals surface area contributed by atoms with E-state index in [9.17, 15) is 0 Å². The molecule has 1 aromatic heterocycles. The Morgan fingerprint density at radius 1 is 1.33 bits per heavy atom. The Balaban J connectivity index is 1.76. The normalized spacial score (nSPS) is 19.9. The number of nitrogens with one attached hydrogen (secondary N) is 1. The second-order valence-corrected chi connectivity index (χ2v) is 6.67. The molecule has 0 aliphatic carbocycles. The molecule has 0 spiro atoms. The predicted molar refractivity (Wildman–Crippen MR) is 88.7 cm³/mol. The second kappa shape index (κ2) is 6.30. The summed E-state index contributed by atoms with van der Waals surface area (Å²) >= 11 is 3.47. The largest absolute Gasteiger partial charge is 0.312 e. The first kappa shape index (κ1) is 14.8. The van der Waals surface area contributed by atoms with E-state index in [4.69, 9.17) is 0 Å². The third kappa shape index (κ3) is 3.54. The maximum absolute atomic E-state index is 4.65. The molecule has 1 aromatic carbocycles. The SMILES string of the molecule is Cc1nn(-c2ccc(Br)cc2)cc1CN1CCN[C@@H](C)C1. The van der Waals surface area contributed by atoms with Crippen molar-refractivity contribution in [3.8, 4) is 5.69 Å². The van der Waals surface area contributed by atoms with Crippen molar-refractivity contribution in [2.24, 2.45) is 0 Å². The molecule has 3 rings (SSSR count). The Hall–Kier alpha value is -1.17. The fourth-order valence-electron chi connectivity index (χ4n) is 2.77. The molecule has 1 N–H and O–H groups in total. The topological polar surface area (TPSA) is 33.1 Å². The average Bonchev–Trinajstić information content (AvgIpc) is 2.81. The van der Waals surface area contributed by atoms with Crippen molar-refractivity contribution in [1.82, 2.24) is 20.0 Å². The van der Waals surface area contributed by atoms with E-state index in [1.54, 1.807) is 0 Å². The van der Waals surface area contributed by atoms with E-state index < -0.39 is 0 Å². The van der Waals surface area contributed by atoms with E-state index in [2.05, 4.69) is 63.4 Å². The van der Waals surface area contributed by atoms with E-state index in [1.165, 1.54) is 5.56 Å². The zero-order valence-corrected chi connectivity index (χ0v) is 14.1. The van der Waals surface area contributed by atoms with E-state index in [1.807, 2.05) is 16.8 Å². The maximum atomic E-state index is 4.65. The van der Waals surface area contributed by atoms with Crippen LogP contribution in [0.4, 0.5) is 0 Å². The summed E-state index contributed by atoms with van der Waals surface area (Å²) in [5.74, 6) is 0. The van der Waals surface area contributed by atoms with Crippen molar-refractivity contribution in [1.29, 1.82) is 0 Å². The number of rotatable bonds is 3. The zero-order valence-electron chi connectivity index (χ0n) is 12.5. The number of hydrogen-bond acceptors (Lipinski definition) is 3. The average molecular weight is 349 g/mol. The standard InChI is InChI=1S/C16H21BrN4/c1-12-9-20(8-7-18-12)10-14-11-21(19-13(14)2)16-5-3-15(17)4-6-16/h3-6,11-12,18H,7-10H2,1-2H3/t12-/m0/s1. The van der Waals surface area contributed by atoms with E-state index in [0.717, 1.165) is 42.0 Å². The molecule has 1 aliphatic rings. The Labute approximate surface area is 134 Å². The van der Waals surface area contributed by atoms with Crippen molar-refractivity contribution in [2.45, 2.75) is 26.4 Å². The number of hydrogen-bond donors (Lipinski definition) is 1. The van der Waals surface area contributed by atoms with Crippen LogP contribution < -0.4 is 5.32 Å². The van der Waals surface area contributed by atoms with Crippen molar-refractivity contribution < 1.29 is 0 Å². The molecule has 0 unspecified atom stereocenters. The summed E-state index contributed by atoms with van der Waals surface area (Å²) in [6.45, 7) is 8.59. The number of piperazine rings is 1. The highest BCUT2D eigenvalue weighted by Crippen LogP contribution is 2.17. The zero-order chi connectivity index (χ0) is 14.8. The molecular formula is C16H21BrN4. The van der Waals surface area contributed by atoms with Gasteiger partial charge in [0.2, 0.25) is 0 Å². The van der Waals surface area contributed by atoms with Gasteiger partial charge in [-0.1, -0.05) is 15.9 Å². The van der Waals surface area contributed by atoms with E-state index in [-0.39, 0.29) is 0 Å². The van der Waals surface area contributed by atoms with Gasteiger partial charge < -0.3 is 5.32 Å². The van der Waals surface area contributed by atoms with Gasteiger partial charge in [0.15, 0.2) is 0 Å². The Morgan fingerprint density at radius 2 is 2.10 bits per heavy atom. The van der Waals surface area contributed by atoms with Gasteiger partial charge in [0.05, 0.1) is 11.4 Å². The number of aromatic nitrogens is 2. The number of halogens is 1. The van der Waals surface area contributed by atoms with Crippen LogP contribution in [0, 0.1) is 6.92 Å². The summed E-state index contributed by atoms with van der Waals surface area (Å²) in [6.07, 6.45) is 2.16. The van der Waals surface area contributed by atoms with Crippen LogP contribution in [0.1, 0.15) is 18.2 Å². The highest BCUT2D eigenvalue weighted by molar-refractivity contribution is 9.10. The quantitative estimate of drug-likeness (QED) is 0.925. The summed E-state index contributed by atoms with van der Waals surface area (Å²) in [6, 6.07) is 8.81. The second-order valence-electron chi connectivity index (χ2n) is 5.75. The molecule has 21 heavy (non-hydrogen) atoms. The molecule has 1 atom stereocenters. The summed E-state index contributed by atoms with van der Waals surface area (Å²) in [5, 5.41) is 8.14. The molecular weight excluding hydrogens is 328 g/mol. The maximum Gasteiger partial charge on any atom is 0.0646 e. The number of aryl methyl sites for hydroxylation is 1. The van der Waals surface area contributed by atoms with Gasteiger partial charge in [-0.2, -0.15) is 5.10 Å². The molecule has 2 heterocycles. The Morgan fingerprint density at radius 3 is 2.81 bits per heavy atom. The van der Waals surface area contributed by atoms with Gasteiger partial charge in [-0.25, -0.2) is 4.68 Å². The Bertz CT molecular complexity index is 605. The van der Waals surface area contributed by atoms with Gasteiger partial charge in [-0.3, -0.25) is 4.90 Å². The Kier molecular flexibility index (Phi) is 4.42. The monoisotopic (exact) mass is 348 g/mol. The van der Waals surface area contributed by atoms with Crippen LogP contribution in [0.15, 0.2) is 34.9 Å². The molecule has 1 saturated heterocycles. The van der Waals surface area contributed by atoms with Crippen molar-refractivity contribution in [2.75, 3.05) is 19.6 Å². The van der Waals surface area contributed by atoms with Crippen LogP contribution >= 0.6 is 15.9 Å². The fourth-order valence-corrected chi connectivity index (χ4v) is 3.04. The first-order valence-corrected chi connectivity index (χ1v) is 8.18. The van der Waals surface area contributed by atoms with Gasteiger partial charge in [0, 0.05) is 48.5 Å². The minimum absolute atomic E-state index is 0.570. The summed E-state index contributed by atoms with van der Waals surface area (Å²) in [7, 11) is 0. The lowest BCUT2D eigenvalue weighted by Gasteiger charge is -2.31. The molecule has 4 nitrogen and oxygen atoms in total. The third-order valence-corrected chi connectivity index (χ3v) is 4.47. The van der Waals surface area contributed by atoms with Gasteiger partial charge in [0.1, 0.15) is 0 Å². The van der Waals surface area contributed by atoms with Crippen LogP contribution in [-0.2, 0) is 6.54 Å². The van der Waals surface area contributed by atoms with Gasteiger partial charge in [-0.15, -0.1) is 0 Å². The minimum atomic E-state index is 0.570. The van der Waals surface area contributed by atoms with Gasteiger partial charge in [-0.05, 0) is 38.1 Å². The smallest absolute Gasteiger partial charge is 0.0646 e. The lowest BCUT2D eigenvalue weighted by atomic mass is 10.2. The van der Waals surface area contributed by atoms with Crippen LogP contribution in [0.3, 0.4) is 0 Å². The molecule has 1 fully saturated rings. The molecule has 0 radical (unpaired) electrons. The first-order valence-electron chi connectivity index (χ1n) is 7.38. The molecule has 112 valence electrons. The van der Waals surface area contributed by atoms with Crippen molar-refractivity contribution >= 4 is 15.9 Å². The van der Waals surface area contributed by atoms with Crippen LogP contribution in [0.5, 0.6) is 0 Å². The predicted octanol–water partition coefficient (Wildman–Crippen LogP) is 2.74. The highest BCUT2D eigenvalue weighted by Gasteiger charge is 2.17. The lowest BCUT2D eigenvalue weighted by Crippen LogP contribution is -2.48. The minimum Gasteiger partial charge on any atom is -0.312 e. The first-order chi connectivity index (χ1) is 10.1. The third-order valence-electron chi connectivity index (χ3n) is 3.94. The highest BCUT2D eigenvalue weighted by atomic mass is 79.9. The molecule has 0 amide bonds. The lowest BCUT2D eigenvalue weighted by molar-refractivity contribution is 0.199. The van der Waals surface area contributed by atoms with Gasteiger partial charge in [0.25, 0.3) is 0 Å². The van der Waals surface area contributed by atoms with Crippen molar-refractivity contribution in [3.63, 3.8) is 0 Å². The van der Waals surface area contributed by atoms with Crippen molar-refractivity contribution in [3.05, 3.63) is 46.2 Å². The number of nitrogens with zero attached hydrogens (tertiary/aromatic N) is 3. The molecule has 0 saturated carbocycles. The van der Waals surface area contributed by atoms with Crippen LogP contribution in [0.2, 0.25) is 0 Å². The molecule has 1 aliphatic heterocycles. The van der Waals surface area contributed by atoms with E-state index in [0.29, 0.717) is 6.04 Å². The summed E-state index contributed by atoms with van der Waals surface area (Å²) in [4.78, 5) is 2.50. The van der Waals surface area contributed by atoms with Gasteiger partial charge >= 0.3 is 0 Å². The molecule has 2 aromatic rings. The van der Waals surface area contributed by atoms with Crippen LogP contribution in [0.25, 0.3) is 5.69 Å². The fraction of sp³-hybridized carbons (Fsp3) is 0.438. The summed E-state index contributed by atoms with van der Waals surface area (Å²) < 4.78 is 3.06. The van der Waals surface area contributed by atoms with Crippen LogP contribution in [-0.4, -0.2) is 40.4 Å². The molecule has 0 bridgehead atoms. The summed E-state index contributed by atoms with van der Waals surface area (Å²) in [5.41, 5.74) is 3.53.